The van der Waals surface area contributed by atoms with Gasteiger partial charge in [-0.1, -0.05) is 29.8 Å². The van der Waals surface area contributed by atoms with Gasteiger partial charge in [0.05, 0.1) is 24.9 Å². The topological polar surface area (TPSA) is 30.5 Å². The number of halogens is 1. The van der Waals surface area contributed by atoms with E-state index in [0.717, 1.165) is 17.1 Å². The lowest BCUT2D eigenvalue weighted by Gasteiger charge is -2.23. The van der Waals surface area contributed by atoms with Crippen molar-refractivity contribution < 1.29 is 9.47 Å². The molecule has 1 N–H and O–H groups in total. The Kier molecular flexibility index (Phi) is 6.06. The van der Waals surface area contributed by atoms with Crippen molar-refractivity contribution in [3.8, 4) is 0 Å². The standard InChI is InChI=1S/C17H26ClNO2/c1-17(2,3)21-11-10-20-16(12-19-13-8-9-13)14-6-4-5-7-15(14)18/h4-7,13,16,19H,8-12H2,1-3H3. The Morgan fingerprint density at radius 3 is 2.57 bits per heavy atom. The van der Waals surface area contributed by atoms with Gasteiger partial charge in [0.2, 0.25) is 0 Å². The van der Waals surface area contributed by atoms with Crippen LogP contribution in [0.1, 0.15) is 45.3 Å². The molecule has 1 unspecified atom stereocenters. The third-order valence-electron chi connectivity index (χ3n) is 3.36. The Balaban J connectivity index is 1.87. The van der Waals surface area contributed by atoms with Crippen LogP contribution in [-0.4, -0.2) is 31.4 Å². The van der Waals surface area contributed by atoms with E-state index < -0.39 is 0 Å². The van der Waals surface area contributed by atoms with Gasteiger partial charge in [0, 0.05) is 23.2 Å². The fourth-order valence-corrected chi connectivity index (χ4v) is 2.35. The third kappa shape index (κ3) is 6.35. The summed E-state index contributed by atoms with van der Waals surface area (Å²) >= 11 is 6.30. The molecule has 2 rings (SSSR count). The average Bonchev–Trinajstić information content (AvgIpc) is 3.22. The largest absolute Gasteiger partial charge is 0.373 e. The van der Waals surface area contributed by atoms with Gasteiger partial charge in [-0.05, 0) is 39.7 Å². The van der Waals surface area contributed by atoms with E-state index in [9.17, 15) is 0 Å². The smallest absolute Gasteiger partial charge is 0.0964 e. The highest BCUT2D eigenvalue weighted by atomic mass is 35.5. The molecule has 3 nitrogen and oxygen atoms in total. The molecule has 0 bridgehead atoms. The van der Waals surface area contributed by atoms with Gasteiger partial charge in [-0.15, -0.1) is 0 Å². The summed E-state index contributed by atoms with van der Waals surface area (Å²) in [5.74, 6) is 0. The zero-order chi connectivity index (χ0) is 15.3. The predicted molar refractivity (Wildman–Crippen MR) is 86.9 cm³/mol. The fourth-order valence-electron chi connectivity index (χ4n) is 2.09. The van der Waals surface area contributed by atoms with E-state index >= 15 is 0 Å². The van der Waals surface area contributed by atoms with Crippen molar-refractivity contribution in [1.82, 2.24) is 5.32 Å². The lowest BCUT2D eigenvalue weighted by molar-refractivity contribution is -0.0519. The maximum atomic E-state index is 6.30. The minimum Gasteiger partial charge on any atom is -0.373 e. The molecule has 0 saturated heterocycles. The van der Waals surface area contributed by atoms with Crippen LogP contribution in [0.4, 0.5) is 0 Å². The summed E-state index contributed by atoms with van der Waals surface area (Å²) in [5, 5.41) is 4.28. The van der Waals surface area contributed by atoms with Gasteiger partial charge in [0.15, 0.2) is 0 Å². The van der Waals surface area contributed by atoms with E-state index in [1.54, 1.807) is 0 Å². The van der Waals surface area contributed by atoms with Crippen LogP contribution in [0, 0.1) is 0 Å². The van der Waals surface area contributed by atoms with Crippen molar-refractivity contribution >= 4 is 11.6 Å². The molecule has 118 valence electrons. The third-order valence-corrected chi connectivity index (χ3v) is 3.70. The highest BCUT2D eigenvalue weighted by Gasteiger charge is 2.23. The van der Waals surface area contributed by atoms with Crippen LogP contribution in [0.2, 0.25) is 5.02 Å². The summed E-state index contributed by atoms with van der Waals surface area (Å²) in [6.07, 6.45) is 2.51. The van der Waals surface area contributed by atoms with Crippen molar-refractivity contribution in [3.05, 3.63) is 34.9 Å². The quantitative estimate of drug-likeness (QED) is 0.737. The van der Waals surface area contributed by atoms with Crippen molar-refractivity contribution in [1.29, 1.82) is 0 Å². The van der Waals surface area contributed by atoms with Gasteiger partial charge in [-0.3, -0.25) is 0 Å². The molecule has 0 heterocycles. The van der Waals surface area contributed by atoms with Crippen LogP contribution in [0.25, 0.3) is 0 Å². The van der Waals surface area contributed by atoms with Gasteiger partial charge in [0.25, 0.3) is 0 Å². The highest BCUT2D eigenvalue weighted by Crippen LogP contribution is 2.27. The maximum Gasteiger partial charge on any atom is 0.0964 e. The van der Waals surface area contributed by atoms with Crippen molar-refractivity contribution in [2.45, 2.75) is 51.4 Å². The van der Waals surface area contributed by atoms with Crippen molar-refractivity contribution in [2.24, 2.45) is 0 Å². The van der Waals surface area contributed by atoms with E-state index in [-0.39, 0.29) is 11.7 Å². The van der Waals surface area contributed by atoms with Crippen molar-refractivity contribution in [2.75, 3.05) is 19.8 Å². The number of hydrogen-bond donors (Lipinski definition) is 1. The minimum absolute atomic E-state index is 0.0251. The highest BCUT2D eigenvalue weighted by molar-refractivity contribution is 6.31. The molecule has 0 aromatic heterocycles. The molecule has 1 aromatic rings. The number of hydrogen-bond acceptors (Lipinski definition) is 3. The van der Waals surface area contributed by atoms with Crippen molar-refractivity contribution in [3.63, 3.8) is 0 Å². The molecule has 21 heavy (non-hydrogen) atoms. The second-order valence-corrected chi connectivity index (χ2v) is 6.93. The van der Waals surface area contributed by atoms with E-state index in [2.05, 4.69) is 5.32 Å². The summed E-state index contributed by atoms with van der Waals surface area (Å²) in [4.78, 5) is 0. The number of nitrogens with one attached hydrogen (secondary N) is 1. The molecule has 1 fully saturated rings. The molecule has 0 spiro atoms. The lowest BCUT2D eigenvalue weighted by Crippen LogP contribution is -2.27. The first-order valence-corrected chi connectivity index (χ1v) is 8.07. The molecule has 1 aromatic carbocycles. The summed E-state index contributed by atoms with van der Waals surface area (Å²) < 4.78 is 11.7. The Morgan fingerprint density at radius 2 is 1.95 bits per heavy atom. The maximum absolute atomic E-state index is 6.30. The van der Waals surface area contributed by atoms with Crippen LogP contribution in [-0.2, 0) is 9.47 Å². The van der Waals surface area contributed by atoms with Gasteiger partial charge in [-0.2, -0.15) is 0 Å². The van der Waals surface area contributed by atoms with Gasteiger partial charge in [0.1, 0.15) is 0 Å². The molecule has 1 aliphatic rings. The van der Waals surface area contributed by atoms with E-state index in [1.807, 2.05) is 45.0 Å². The molecule has 1 saturated carbocycles. The summed E-state index contributed by atoms with van der Waals surface area (Å²) in [6.45, 7) is 8.10. The second-order valence-electron chi connectivity index (χ2n) is 6.52. The number of ether oxygens (including phenoxy) is 2. The average molecular weight is 312 g/mol. The lowest BCUT2D eigenvalue weighted by atomic mass is 10.1. The van der Waals surface area contributed by atoms with E-state index in [0.29, 0.717) is 19.3 Å². The zero-order valence-corrected chi connectivity index (χ0v) is 14.0. The second kappa shape index (κ2) is 7.59. The Bertz CT molecular complexity index is 441. The van der Waals surface area contributed by atoms with Crippen LogP contribution in [0.15, 0.2) is 24.3 Å². The van der Waals surface area contributed by atoms with Crippen LogP contribution in [0.3, 0.4) is 0 Å². The normalized spacial score (nSPS) is 17.0. The molecule has 1 aliphatic carbocycles. The molecule has 4 heteroatoms. The Morgan fingerprint density at radius 1 is 1.24 bits per heavy atom. The van der Waals surface area contributed by atoms with E-state index in [4.69, 9.17) is 21.1 Å². The molecule has 0 amide bonds. The number of rotatable bonds is 8. The molecule has 1 atom stereocenters. The van der Waals surface area contributed by atoms with Gasteiger partial charge in [-0.25, -0.2) is 0 Å². The monoisotopic (exact) mass is 311 g/mol. The minimum atomic E-state index is -0.129. The summed E-state index contributed by atoms with van der Waals surface area (Å²) in [5.41, 5.74) is 0.915. The van der Waals surface area contributed by atoms with Gasteiger partial charge >= 0.3 is 0 Å². The predicted octanol–water partition coefficient (Wildman–Crippen LogP) is 3.96. The summed E-state index contributed by atoms with van der Waals surface area (Å²) in [6, 6.07) is 8.55. The number of benzene rings is 1. The molecular formula is C17H26ClNO2. The molecular weight excluding hydrogens is 286 g/mol. The van der Waals surface area contributed by atoms with Crippen LogP contribution < -0.4 is 5.32 Å². The first kappa shape index (κ1) is 16.8. The van der Waals surface area contributed by atoms with Crippen LogP contribution in [0.5, 0.6) is 0 Å². The van der Waals surface area contributed by atoms with E-state index in [1.165, 1.54) is 12.8 Å². The first-order valence-electron chi connectivity index (χ1n) is 7.69. The molecule has 0 aliphatic heterocycles. The van der Waals surface area contributed by atoms with Gasteiger partial charge < -0.3 is 14.8 Å². The van der Waals surface area contributed by atoms with Crippen LogP contribution >= 0.6 is 11.6 Å². The SMILES string of the molecule is CC(C)(C)OCCOC(CNC1CC1)c1ccccc1Cl. The zero-order valence-electron chi connectivity index (χ0n) is 13.2. The fraction of sp³-hybridized carbons (Fsp3) is 0.647. The Hall–Kier alpha value is -0.610. The molecule has 0 radical (unpaired) electrons. The Labute approximate surface area is 133 Å². The first-order chi connectivity index (χ1) is 9.96. The summed E-state index contributed by atoms with van der Waals surface area (Å²) in [7, 11) is 0.